The number of aryl methyl sites for hydroxylation is 3. The molecule has 0 amide bonds. The maximum atomic E-state index is 2.40. The predicted octanol–water partition coefficient (Wildman–Crippen LogP) is 4.73. The molecule has 0 nitrogen and oxygen atoms in total. The molecule has 19 heavy (non-hydrogen) atoms. The average molecular weight is 247 g/mol. The summed E-state index contributed by atoms with van der Waals surface area (Å²) in [6.45, 7) is 4.45. The van der Waals surface area contributed by atoms with Crippen LogP contribution < -0.4 is 0 Å². The summed E-state index contributed by atoms with van der Waals surface area (Å²) in [6.07, 6.45) is 11.9. The van der Waals surface area contributed by atoms with Gasteiger partial charge in [0.25, 0.3) is 0 Å². The Balaban J connectivity index is 2.02. The molecule has 0 heterocycles. The van der Waals surface area contributed by atoms with Crippen molar-refractivity contribution in [3.63, 3.8) is 0 Å². The maximum Gasteiger partial charge on any atom is 0.00927 e. The molecule has 0 saturated carbocycles. The van der Waals surface area contributed by atoms with Gasteiger partial charge in [0.2, 0.25) is 0 Å². The van der Waals surface area contributed by atoms with Crippen molar-refractivity contribution in [2.24, 2.45) is 0 Å². The maximum absolute atomic E-state index is 2.40. The number of allylic oxidation sites excluding steroid dienone is 6. The quantitative estimate of drug-likeness (QED) is 0.621. The molecule has 1 aromatic rings. The van der Waals surface area contributed by atoms with Gasteiger partial charge in [-0.25, -0.2) is 0 Å². The van der Waals surface area contributed by atoms with Crippen LogP contribution in [0.3, 0.4) is 0 Å². The van der Waals surface area contributed by atoms with Crippen LogP contribution in [0.5, 0.6) is 0 Å². The van der Waals surface area contributed by atoms with E-state index in [2.05, 4.69) is 44.6 Å². The second-order valence-corrected chi connectivity index (χ2v) is 6.11. The van der Waals surface area contributed by atoms with E-state index in [9.17, 15) is 0 Å². The van der Waals surface area contributed by atoms with Crippen LogP contribution in [0, 0.1) is 13.3 Å². The molecule has 0 heteroatoms. The van der Waals surface area contributed by atoms with Crippen molar-refractivity contribution in [3.8, 4) is 0 Å². The van der Waals surface area contributed by atoms with Crippen molar-refractivity contribution in [1.29, 1.82) is 0 Å². The van der Waals surface area contributed by atoms with E-state index in [-0.39, 0.29) is 0 Å². The van der Waals surface area contributed by atoms with E-state index in [1.807, 2.05) is 0 Å². The minimum atomic E-state index is 1.20. The number of hydrogen-bond donors (Lipinski definition) is 0. The van der Waals surface area contributed by atoms with Crippen molar-refractivity contribution in [2.75, 3.05) is 0 Å². The molecule has 0 N–H and O–H groups in total. The lowest BCUT2D eigenvalue weighted by atomic mass is 9.73. The fraction of sp³-hybridized carbons (Fsp3) is 0.316. The van der Waals surface area contributed by atoms with Gasteiger partial charge >= 0.3 is 0 Å². The Hall–Kier alpha value is -1.56. The Bertz CT molecular complexity index is 666. The highest BCUT2D eigenvalue weighted by Crippen LogP contribution is 2.46. The lowest BCUT2D eigenvalue weighted by Crippen LogP contribution is -2.14. The molecule has 0 atom stereocenters. The van der Waals surface area contributed by atoms with Crippen LogP contribution in [-0.2, 0) is 12.8 Å². The summed E-state index contributed by atoms with van der Waals surface area (Å²) in [5, 5.41) is 0. The zero-order valence-electron chi connectivity index (χ0n) is 11.7. The Morgan fingerprint density at radius 3 is 2.42 bits per heavy atom. The molecule has 0 fully saturated rings. The fourth-order valence-corrected chi connectivity index (χ4v) is 3.84. The Morgan fingerprint density at radius 2 is 1.63 bits per heavy atom. The Labute approximate surface area is 115 Å². The van der Waals surface area contributed by atoms with Crippen LogP contribution in [0.4, 0.5) is 0 Å². The molecule has 0 bridgehead atoms. The number of hydrogen-bond acceptors (Lipinski definition) is 0. The lowest BCUT2D eigenvalue weighted by molar-refractivity contribution is 0.868. The van der Waals surface area contributed by atoms with E-state index in [4.69, 9.17) is 0 Å². The molecular formula is C19H19. The van der Waals surface area contributed by atoms with E-state index in [1.54, 1.807) is 33.4 Å². The molecule has 3 aliphatic carbocycles. The molecule has 0 saturated heterocycles. The topological polar surface area (TPSA) is 0 Å². The zero-order chi connectivity index (χ0) is 13.0. The Morgan fingerprint density at radius 1 is 0.895 bits per heavy atom. The normalized spacial score (nSPS) is 20.5. The summed E-state index contributed by atoms with van der Waals surface area (Å²) in [7, 11) is 0. The van der Waals surface area contributed by atoms with Gasteiger partial charge in [0.1, 0.15) is 0 Å². The van der Waals surface area contributed by atoms with Crippen LogP contribution in [0.2, 0.25) is 0 Å². The predicted molar refractivity (Wildman–Crippen MR) is 80.9 cm³/mol. The van der Waals surface area contributed by atoms with E-state index >= 15 is 0 Å². The van der Waals surface area contributed by atoms with Gasteiger partial charge in [-0.3, -0.25) is 0 Å². The first-order valence-electron chi connectivity index (χ1n) is 7.31. The van der Waals surface area contributed by atoms with Gasteiger partial charge in [-0.2, -0.15) is 0 Å². The second-order valence-electron chi connectivity index (χ2n) is 6.11. The minimum Gasteiger partial charge on any atom is -0.0734 e. The molecular weight excluding hydrogens is 228 g/mol. The first-order chi connectivity index (χ1) is 9.22. The van der Waals surface area contributed by atoms with Crippen LogP contribution in [0.1, 0.15) is 42.0 Å². The molecule has 1 radical (unpaired) electrons. The summed E-state index contributed by atoms with van der Waals surface area (Å²) in [6, 6.07) is 4.80. The molecule has 4 rings (SSSR count). The number of rotatable bonds is 0. The molecule has 0 aromatic heterocycles. The molecule has 0 aliphatic heterocycles. The van der Waals surface area contributed by atoms with Crippen molar-refractivity contribution in [1.82, 2.24) is 0 Å². The smallest absolute Gasteiger partial charge is 0.00927 e. The van der Waals surface area contributed by atoms with Crippen LogP contribution >= 0.6 is 0 Å². The van der Waals surface area contributed by atoms with Gasteiger partial charge < -0.3 is 0 Å². The third kappa shape index (κ3) is 1.66. The molecule has 1 aromatic carbocycles. The van der Waals surface area contributed by atoms with Crippen molar-refractivity contribution < 1.29 is 0 Å². The highest BCUT2D eigenvalue weighted by atomic mass is 14.3. The molecule has 0 spiro atoms. The van der Waals surface area contributed by atoms with Gasteiger partial charge in [-0.1, -0.05) is 41.0 Å². The van der Waals surface area contributed by atoms with Gasteiger partial charge in [-0.15, -0.1) is 0 Å². The Kier molecular flexibility index (Phi) is 2.35. The summed E-state index contributed by atoms with van der Waals surface area (Å²) in [5.74, 6) is 0. The standard InChI is InChI=1S/C19H19/c1-12-3-4-14-5-6-16-10-13(2)11-17-8-7-15(9-12)18(14)19(16)17/h3-4,9-11H,5-8H2,1-2H3. The van der Waals surface area contributed by atoms with Crippen LogP contribution in [-0.4, -0.2) is 0 Å². The molecule has 95 valence electrons. The van der Waals surface area contributed by atoms with Crippen molar-refractivity contribution in [3.05, 3.63) is 69.7 Å². The number of benzene rings is 1. The average Bonchev–Trinajstić information content (AvgIpc) is 2.55. The van der Waals surface area contributed by atoms with Crippen LogP contribution in [0.15, 0.2) is 41.0 Å². The molecule has 3 aliphatic rings. The largest absolute Gasteiger partial charge is 0.0734 e. The summed E-state index contributed by atoms with van der Waals surface area (Å²) >= 11 is 0. The summed E-state index contributed by atoms with van der Waals surface area (Å²) in [4.78, 5) is 0. The van der Waals surface area contributed by atoms with Gasteiger partial charge in [0.15, 0.2) is 0 Å². The summed E-state index contributed by atoms with van der Waals surface area (Å²) in [5.41, 5.74) is 12.2. The highest BCUT2D eigenvalue weighted by Gasteiger charge is 2.28. The minimum absolute atomic E-state index is 1.20. The van der Waals surface area contributed by atoms with Crippen molar-refractivity contribution >= 4 is 5.57 Å². The van der Waals surface area contributed by atoms with Crippen LogP contribution in [0.25, 0.3) is 5.57 Å². The monoisotopic (exact) mass is 247 g/mol. The van der Waals surface area contributed by atoms with E-state index in [1.165, 1.54) is 36.8 Å². The van der Waals surface area contributed by atoms with E-state index in [0.717, 1.165) is 0 Å². The first kappa shape index (κ1) is 11.3. The summed E-state index contributed by atoms with van der Waals surface area (Å²) < 4.78 is 0. The fourth-order valence-electron chi connectivity index (χ4n) is 3.84. The lowest BCUT2D eigenvalue weighted by Gasteiger charge is -2.31. The van der Waals surface area contributed by atoms with E-state index < -0.39 is 0 Å². The highest BCUT2D eigenvalue weighted by molar-refractivity contribution is 5.90. The SMILES string of the molecule is CC1=C[CH]C2=C3C(=C1)CCc1cc(C)cc(c13)CC2. The third-order valence-corrected chi connectivity index (χ3v) is 4.61. The van der Waals surface area contributed by atoms with E-state index in [0.29, 0.717) is 0 Å². The first-order valence-corrected chi connectivity index (χ1v) is 7.31. The molecule has 0 unspecified atom stereocenters. The third-order valence-electron chi connectivity index (χ3n) is 4.61. The van der Waals surface area contributed by atoms with Gasteiger partial charge in [-0.05, 0) is 67.4 Å². The zero-order valence-corrected chi connectivity index (χ0v) is 11.7. The van der Waals surface area contributed by atoms with Gasteiger partial charge in [0.05, 0.1) is 0 Å². The van der Waals surface area contributed by atoms with Crippen molar-refractivity contribution in [2.45, 2.75) is 39.5 Å². The van der Waals surface area contributed by atoms with Gasteiger partial charge in [0, 0.05) is 6.42 Å². The second kappa shape index (κ2) is 3.96.